The van der Waals surface area contributed by atoms with Crippen molar-refractivity contribution in [2.45, 2.75) is 0 Å². The Bertz CT molecular complexity index is 756. The van der Waals surface area contributed by atoms with Crippen LogP contribution in [0, 0.1) is 0 Å². The smallest absolute Gasteiger partial charge is 0.340 e. The molecule has 2 rings (SSSR count). The monoisotopic (exact) mass is 346 g/mol. The number of hydrogen-bond acceptors (Lipinski definition) is 4. The fourth-order valence-corrected chi connectivity index (χ4v) is 2.89. The molecule has 21 heavy (non-hydrogen) atoms. The topological polar surface area (TPSA) is 52.6 Å². The molecule has 2 aromatic carbocycles. The van der Waals surface area contributed by atoms with Gasteiger partial charge in [0.05, 0.1) is 40.4 Å². The third kappa shape index (κ3) is 2.67. The predicted molar refractivity (Wildman–Crippen MR) is 81.7 cm³/mol. The number of rotatable bonds is 2. The van der Waals surface area contributed by atoms with E-state index in [1.54, 1.807) is 6.07 Å². The standard InChI is InChI=1S/C14H9Cl3O4/c1-20-13(18)7-4-3-6-8(11(7)16)5-9(15)10(12(6)17)14(19)21-2/h3-5H,1-2H3. The minimum Gasteiger partial charge on any atom is -0.465 e. The summed E-state index contributed by atoms with van der Waals surface area (Å²) in [4.78, 5) is 23.3. The minimum atomic E-state index is -0.653. The molecule has 0 saturated heterocycles. The maximum absolute atomic E-state index is 11.7. The van der Waals surface area contributed by atoms with Crippen molar-refractivity contribution in [3.8, 4) is 0 Å². The van der Waals surface area contributed by atoms with Crippen molar-refractivity contribution in [2.75, 3.05) is 14.2 Å². The van der Waals surface area contributed by atoms with Gasteiger partial charge in [-0.15, -0.1) is 0 Å². The van der Waals surface area contributed by atoms with Crippen LogP contribution in [0.25, 0.3) is 10.8 Å². The molecule has 0 fully saturated rings. The minimum absolute atomic E-state index is 0.0511. The molecule has 4 nitrogen and oxygen atoms in total. The summed E-state index contributed by atoms with van der Waals surface area (Å²) in [5.41, 5.74) is 0.236. The van der Waals surface area contributed by atoms with E-state index >= 15 is 0 Å². The molecule has 0 heterocycles. The van der Waals surface area contributed by atoms with Gasteiger partial charge in [-0.05, 0) is 12.1 Å². The summed E-state index contributed by atoms with van der Waals surface area (Å²) < 4.78 is 9.28. The van der Waals surface area contributed by atoms with Crippen LogP contribution in [0.15, 0.2) is 18.2 Å². The molecule has 0 aliphatic rings. The molecule has 0 radical (unpaired) electrons. The van der Waals surface area contributed by atoms with E-state index in [9.17, 15) is 9.59 Å². The van der Waals surface area contributed by atoms with E-state index in [0.717, 1.165) is 0 Å². The highest BCUT2D eigenvalue weighted by Gasteiger charge is 2.21. The van der Waals surface area contributed by atoms with Crippen LogP contribution >= 0.6 is 34.8 Å². The van der Waals surface area contributed by atoms with Gasteiger partial charge < -0.3 is 9.47 Å². The van der Waals surface area contributed by atoms with E-state index < -0.39 is 11.9 Å². The van der Waals surface area contributed by atoms with Crippen LogP contribution in [-0.2, 0) is 9.47 Å². The first kappa shape index (κ1) is 15.9. The van der Waals surface area contributed by atoms with Crippen molar-refractivity contribution in [1.82, 2.24) is 0 Å². The zero-order chi connectivity index (χ0) is 15.7. The third-order valence-electron chi connectivity index (χ3n) is 2.94. The summed E-state index contributed by atoms with van der Waals surface area (Å²) in [6.07, 6.45) is 0. The zero-order valence-electron chi connectivity index (χ0n) is 11.0. The second kappa shape index (κ2) is 6.10. The number of benzene rings is 2. The fraction of sp³-hybridized carbons (Fsp3) is 0.143. The summed E-state index contributed by atoms with van der Waals surface area (Å²) in [7, 11) is 2.48. The van der Waals surface area contributed by atoms with E-state index in [2.05, 4.69) is 9.47 Å². The van der Waals surface area contributed by atoms with Crippen molar-refractivity contribution in [3.63, 3.8) is 0 Å². The number of ether oxygens (including phenoxy) is 2. The van der Waals surface area contributed by atoms with Gasteiger partial charge in [-0.2, -0.15) is 0 Å². The lowest BCUT2D eigenvalue weighted by molar-refractivity contribution is 0.0592. The number of halogens is 3. The van der Waals surface area contributed by atoms with Crippen LogP contribution in [0.4, 0.5) is 0 Å². The van der Waals surface area contributed by atoms with Gasteiger partial charge in [-0.3, -0.25) is 0 Å². The molecule has 2 aromatic rings. The maximum Gasteiger partial charge on any atom is 0.340 e. The Morgan fingerprint density at radius 1 is 0.905 bits per heavy atom. The van der Waals surface area contributed by atoms with Crippen molar-refractivity contribution in [2.24, 2.45) is 0 Å². The molecule has 0 aliphatic heterocycles. The van der Waals surface area contributed by atoms with Crippen LogP contribution in [-0.4, -0.2) is 26.2 Å². The van der Waals surface area contributed by atoms with Gasteiger partial charge in [0.15, 0.2) is 0 Å². The van der Waals surface area contributed by atoms with E-state index in [1.165, 1.54) is 26.4 Å². The number of carbonyl (C=O) groups is 2. The summed E-state index contributed by atoms with van der Waals surface area (Å²) >= 11 is 18.4. The predicted octanol–water partition coefficient (Wildman–Crippen LogP) is 4.37. The Kier molecular flexibility index (Phi) is 4.61. The van der Waals surface area contributed by atoms with Gasteiger partial charge in [0.25, 0.3) is 0 Å². The normalized spacial score (nSPS) is 10.5. The van der Waals surface area contributed by atoms with E-state index in [1.807, 2.05) is 0 Å². The molecular weight excluding hydrogens is 339 g/mol. The van der Waals surface area contributed by atoms with Crippen LogP contribution in [0.2, 0.25) is 15.1 Å². The first-order valence-corrected chi connectivity index (χ1v) is 6.82. The third-order valence-corrected chi connectivity index (χ3v) is 4.04. The van der Waals surface area contributed by atoms with Crippen LogP contribution in [0.1, 0.15) is 20.7 Å². The summed E-state index contributed by atoms with van der Waals surface area (Å²) in [5.74, 6) is -1.23. The van der Waals surface area contributed by atoms with Gasteiger partial charge in [-0.1, -0.05) is 40.9 Å². The lowest BCUT2D eigenvalue weighted by atomic mass is 10.0. The lowest BCUT2D eigenvalue weighted by Gasteiger charge is -2.11. The average molecular weight is 348 g/mol. The molecule has 0 unspecified atom stereocenters. The van der Waals surface area contributed by atoms with Gasteiger partial charge in [0, 0.05) is 10.8 Å². The summed E-state index contributed by atoms with van der Waals surface area (Å²) in [6.45, 7) is 0. The highest BCUT2D eigenvalue weighted by molar-refractivity contribution is 6.45. The number of esters is 2. The van der Waals surface area contributed by atoms with E-state index in [4.69, 9.17) is 34.8 Å². The Morgan fingerprint density at radius 2 is 1.52 bits per heavy atom. The molecule has 7 heteroatoms. The van der Waals surface area contributed by atoms with Gasteiger partial charge in [0.1, 0.15) is 0 Å². The number of hydrogen-bond donors (Lipinski definition) is 0. The molecular formula is C14H9Cl3O4. The molecule has 0 bridgehead atoms. The Hall–Kier alpha value is -1.49. The van der Waals surface area contributed by atoms with Crippen molar-refractivity contribution < 1.29 is 19.1 Å². The number of carbonyl (C=O) groups excluding carboxylic acids is 2. The fourth-order valence-electron chi connectivity index (χ4n) is 1.92. The quantitative estimate of drug-likeness (QED) is 0.757. The van der Waals surface area contributed by atoms with Crippen LogP contribution < -0.4 is 0 Å². The first-order valence-electron chi connectivity index (χ1n) is 5.69. The van der Waals surface area contributed by atoms with Crippen molar-refractivity contribution in [1.29, 1.82) is 0 Å². The molecule has 0 amide bonds. The molecule has 0 atom stereocenters. The second-order valence-corrected chi connectivity index (χ2v) is 5.22. The largest absolute Gasteiger partial charge is 0.465 e. The average Bonchev–Trinajstić information content (AvgIpc) is 2.47. The maximum atomic E-state index is 11.7. The van der Waals surface area contributed by atoms with Crippen molar-refractivity contribution >= 4 is 57.5 Å². The molecule has 0 aliphatic carbocycles. The SMILES string of the molecule is COC(=O)c1ccc2c(Cl)c(C(=O)OC)c(Cl)cc2c1Cl. The zero-order valence-corrected chi connectivity index (χ0v) is 13.3. The van der Waals surface area contributed by atoms with E-state index in [-0.39, 0.29) is 26.2 Å². The Balaban J connectivity index is 2.81. The number of methoxy groups -OCH3 is 2. The van der Waals surface area contributed by atoms with E-state index in [0.29, 0.717) is 10.8 Å². The van der Waals surface area contributed by atoms with Gasteiger partial charge in [-0.25, -0.2) is 9.59 Å². The molecule has 110 valence electrons. The van der Waals surface area contributed by atoms with Crippen molar-refractivity contribution in [3.05, 3.63) is 44.4 Å². The molecule has 0 N–H and O–H groups in total. The van der Waals surface area contributed by atoms with Gasteiger partial charge in [0.2, 0.25) is 0 Å². The summed E-state index contributed by atoms with van der Waals surface area (Å²) in [5, 5.41) is 1.28. The molecule has 0 spiro atoms. The highest BCUT2D eigenvalue weighted by atomic mass is 35.5. The highest BCUT2D eigenvalue weighted by Crippen LogP contribution is 2.38. The van der Waals surface area contributed by atoms with Crippen LogP contribution in [0.5, 0.6) is 0 Å². The Morgan fingerprint density at radius 3 is 2.10 bits per heavy atom. The molecule has 0 saturated carbocycles. The lowest BCUT2D eigenvalue weighted by Crippen LogP contribution is -2.05. The molecule has 0 aromatic heterocycles. The Labute approximate surface area is 135 Å². The number of fused-ring (bicyclic) bond motifs is 1. The second-order valence-electron chi connectivity index (χ2n) is 4.05. The summed E-state index contributed by atoms with van der Waals surface area (Å²) in [6, 6.07) is 4.50. The first-order chi connectivity index (χ1) is 9.92. The van der Waals surface area contributed by atoms with Crippen LogP contribution in [0.3, 0.4) is 0 Å². The van der Waals surface area contributed by atoms with Gasteiger partial charge >= 0.3 is 11.9 Å².